The van der Waals surface area contributed by atoms with Crippen LogP contribution < -0.4 is 5.32 Å². The average molecular weight is 436 g/mol. The van der Waals surface area contributed by atoms with E-state index in [0.29, 0.717) is 22.3 Å². The summed E-state index contributed by atoms with van der Waals surface area (Å²) < 4.78 is 7.05. The van der Waals surface area contributed by atoms with Gasteiger partial charge in [-0.2, -0.15) is 5.10 Å². The monoisotopic (exact) mass is 435 g/mol. The van der Waals surface area contributed by atoms with E-state index in [1.165, 1.54) is 0 Å². The molecule has 8 heteroatoms. The molecular formula is C23H22ClN5O2. The van der Waals surface area contributed by atoms with E-state index in [0.717, 1.165) is 22.4 Å². The molecule has 0 spiro atoms. The van der Waals surface area contributed by atoms with Crippen molar-refractivity contribution in [1.82, 2.24) is 19.7 Å². The molecule has 31 heavy (non-hydrogen) atoms. The molecule has 0 atom stereocenters. The van der Waals surface area contributed by atoms with Crippen molar-refractivity contribution in [3.63, 3.8) is 0 Å². The smallest absolute Gasteiger partial charge is 0.339 e. The lowest BCUT2D eigenvalue weighted by Gasteiger charge is -2.14. The number of halogens is 1. The number of aryl methyl sites for hydroxylation is 2. The average Bonchev–Trinajstić information content (AvgIpc) is 3.06. The quantitative estimate of drug-likeness (QED) is 0.423. The topological polar surface area (TPSA) is 81.9 Å². The molecule has 0 amide bonds. The number of para-hydroxylation sites is 2. The van der Waals surface area contributed by atoms with E-state index in [-0.39, 0.29) is 11.7 Å². The van der Waals surface area contributed by atoms with Crippen LogP contribution in [0.25, 0.3) is 16.9 Å². The number of ether oxygens (including phenoxy) is 1. The minimum Gasteiger partial charge on any atom is -0.459 e. The molecule has 0 aliphatic heterocycles. The van der Waals surface area contributed by atoms with Crippen LogP contribution in [0.3, 0.4) is 0 Å². The molecule has 2 aromatic carbocycles. The minimum absolute atomic E-state index is 0.246. The van der Waals surface area contributed by atoms with Gasteiger partial charge in [-0.3, -0.25) is 0 Å². The summed E-state index contributed by atoms with van der Waals surface area (Å²) >= 11 is 6.24. The molecule has 7 nitrogen and oxygen atoms in total. The maximum absolute atomic E-state index is 12.4. The second-order valence-electron chi connectivity index (χ2n) is 7.50. The first kappa shape index (κ1) is 20.8. The van der Waals surface area contributed by atoms with Crippen LogP contribution in [0.4, 0.5) is 11.5 Å². The highest BCUT2D eigenvalue weighted by Gasteiger charge is 2.17. The maximum atomic E-state index is 12.4. The standard InChI is InChI=1S/C23H22ClN5O2/c1-13(2)31-23(30)17-12-16(9-10-18(17)24)25-21-22(29-15(4)11-14(3)28-29)27-20-8-6-5-7-19(20)26-21/h5-13H,1-4H3,(H,25,26). The van der Waals surface area contributed by atoms with E-state index in [1.807, 2.05) is 44.2 Å². The van der Waals surface area contributed by atoms with Crippen LogP contribution >= 0.6 is 11.6 Å². The van der Waals surface area contributed by atoms with E-state index in [4.69, 9.17) is 26.3 Å². The summed E-state index contributed by atoms with van der Waals surface area (Å²) in [4.78, 5) is 22.0. The summed E-state index contributed by atoms with van der Waals surface area (Å²) in [6, 6.07) is 14.7. The van der Waals surface area contributed by atoms with Crippen molar-refractivity contribution >= 4 is 40.1 Å². The van der Waals surface area contributed by atoms with Gasteiger partial charge in [-0.25, -0.2) is 19.4 Å². The summed E-state index contributed by atoms with van der Waals surface area (Å²) in [5.74, 6) is 0.591. The van der Waals surface area contributed by atoms with Gasteiger partial charge in [0.25, 0.3) is 0 Å². The Morgan fingerprint density at radius 1 is 1.06 bits per heavy atom. The molecule has 0 saturated carbocycles. The van der Waals surface area contributed by atoms with Gasteiger partial charge in [0.1, 0.15) is 0 Å². The van der Waals surface area contributed by atoms with E-state index in [1.54, 1.807) is 36.7 Å². The third-order valence-corrected chi connectivity index (χ3v) is 4.88. The fraction of sp³-hybridized carbons (Fsp3) is 0.217. The fourth-order valence-electron chi connectivity index (χ4n) is 3.24. The van der Waals surface area contributed by atoms with Crippen LogP contribution in [0.2, 0.25) is 5.02 Å². The van der Waals surface area contributed by atoms with E-state index >= 15 is 0 Å². The Labute approximate surface area is 185 Å². The first-order valence-electron chi connectivity index (χ1n) is 9.90. The van der Waals surface area contributed by atoms with Crippen LogP contribution in [0.15, 0.2) is 48.5 Å². The Hall–Kier alpha value is -3.45. The molecule has 0 bridgehead atoms. The van der Waals surface area contributed by atoms with Crippen molar-refractivity contribution < 1.29 is 9.53 Å². The van der Waals surface area contributed by atoms with Gasteiger partial charge in [0, 0.05) is 11.4 Å². The number of nitrogens with zero attached hydrogens (tertiary/aromatic N) is 4. The van der Waals surface area contributed by atoms with Gasteiger partial charge in [0.15, 0.2) is 11.6 Å². The predicted octanol–water partition coefficient (Wildman–Crippen LogP) is 5.39. The lowest BCUT2D eigenvalue weighted by Crippen LogP contribution is -2.13. The van der Waals surface area contributed by atoms with Crippen LogP contribution in [0.1, 0.15) is 35.6 Å². The zero-order valence-electron chi connectivity index (χ0n) is 17.7. The highest BCUT2D eigenvalue weighted by atomic mass is 35.5. The summed E-state index contributed by atoms with van der Waals surface area (Å²) in [5, 5.41) is 8.15. The van der Waals surface area contributed by atoms with Crippen molar-refractivity contribution in [2.24, 2.45) is 0 Å². The predicted molar refractivity (Wildman–Crippen MR) is 121 cm³/mol. The number of nitrogens with one attached hydrogen (secondary N) is 1. The number of carbonyl (C=O) groups is 1. The molecule has 4 aromatic rings. The van der Waals surface area contributed by atoms with Gasteiger partial charge in [0.2, 0.25) is 0 Å². The Morgan fingerprint density at radius 3 is 2.42 bits per heavy atom. The van der Waals surface area contributed by atoms with Gasteiger partial charge < -0.3 is 10.1 Å². The summed E-state index contributed by atoms with van der Waals surface area (Å²) in [7, 11) is 0. The van der Waals surface area contributed by atoms with Gasteiger partial charge in [-0.1, -0.05) is 23.7 Å². The largest absolute Gasteiger partial charge is 0.459 e. The lowest BCUT2D eigenvalue weighted by atomic mass is 10.2. The molecule has 0 saturated heterocycles. The number of hydrogen-bond donors (Lipinski definition) is 1. The molecule has 0 aliphatic carbocycles. The van der Waals surface area contributed by atoms with Gasteiger partial charge in [-0.15, -0.1) is 0 Å². The van der Waals surface area contributed by atoms with Crippen molar-refractivity contribution in [2.45, 2.75) is 33.8 Å². The first-order valence-corrected chi connectivity index (χ1v) is 10.3. The van der Waals surface area contributed by atoms with Crippen molar-refractivity contribution in [3.05, 3.63) is 70.5 Å². The Bertz CT molecular complexity index is 1280. The number of esters is 1. The molecule has 2 aromatic heterocycles. The fourth-order valence-corrected chi connectivity index (χ4v) is 3.43. The molecule has 158 valence electrons. The second kappa shape index (κ2) is 8.35. The maximum Gasteiger partial charge on any atom is 0.339 e. The van der Waals surface area contributed by atoms with Crippen LogP contribution in [-0.4, -0.2) is 31.8 Å². The SMILES string of the molecule is Cc1cc(C)n(-c2nc3ccccc3nc2Nc2ccc(Cl)c(C(=O)OC(C)C)c2)n1. The second-order valence-corrected chi connectivity index (χ2v) is 7.90. The highest BCUT2D eigenvalue weighted by Crippen LogP contribution is 2.28. The third-order valence-electron chi connectivity index (χ3n) is 4.55. The number of anilines is 2. The number of aromatic nitrogens is 4. The molecule has 2 heterocycles. The summed E-state index contributed by atoms with van der Waals surface area (Å²) in [6.07, 6.45) is -0.246. The van der Waals surface area contributed by atoms with Gasteiger partial charge >= 0.3 is 5.97 Å². The van der Waals surface area contributed by atoms with Crippen LogP contribution in [0, 0.1) is 13.8 Å². The molecule has 1 N–H and O–H groups in total. The number of benzene rings is 2. The zero-order valence-corrected chi connectivity index (χ0v) is 18.4. The summed E-state index contributed by atoms with van der Waals surface area (Å²) in [5.41, 5.74) is 4.22. The van der Waals surface area contributed by atoms with E-state index < -0.39 is 5.97 Å². The van der Waals surface area contributed by atoms with Crippen LogP contribution in [0.5, 0.6) is 0 Å². The normalized spacial score (nSPS) is 11.2. The van der Waals surface area contributed by atoms with Crippen molar-refractivity contribution in [3.8, 4) is 5.82 Å². The minimum atomic E-state index is -0.480. The third kappa shape index (κ3) is 4.36. The molecule has 4 rings (SSSR count). The Balaban J connectivity index is 1.80. The van der Waals surface area contributed by atoms with Crippen LogP contribution in [-0.2, 0) is 4.74 Å². The molecule has 0 aliphatic rings. The van der Waals surface area contributed by atoms with Gasteiger partial charge in [0.05, 0.1) is 33.4 Å². The molecule has 0 radical (unpaired) electrons. The number of rotatable bonds is 5. The van der Waals surface area contributed by atoms with E-state index in [2.05, 4.69) is 10.4 Å². The van der Waals surface area contributed by atoms with Crippen molar-refractivity contribution in [2.75, 3.05) is 5.32 Å². The lowest BCUT2D eigenvalue weighted by molar-refractivity contribution is 0.0378. The Morgan fingerprint density at radius 2 is 1.77 bits per heavy atom. The molecule has 0 unspecified atom stereocenters. The Kier molecular flexibility index (Phi) is 5.61. The van der Waals surface area contributed by atoms with Crippen molar-refractivity contribution in [1.29, 1.82) is 0 Å². The van der Waals surface area contributed by atoms with Gasteiger partial charge in [-0.05, 0) is 64.1 Å². The number of fused-ring (bicyclic) bond motifs is 1. The number of carbonyl (C=O) groups excluding carboxylic acids is 1. The molecule has 0 fully saturated rings. The summed E-state index contributed by atoms with van der Waals surface area (Å²) in [6.45, 7) is 7.47. The number of hydrogen-bond acceptors (Lipinski definition) is 6. The van der Waals surface area contributed by atoms with E-state index in [9.17, 15) is 4.79 Å². The molecular weight excluding hydrogens is 414 g/mol. The zero-order chi connectivity index (χ0) is 22.1. The first-order chi connectivity index (χ1) is 14.8. The highest BCUT2D eigenvalue weighted by molar-refractivity contribution is 6.33.